The summed E-state index contributed by atoms with van der Waals surface area (Å²) >= 11 is 1.61. The predicted molar refractivity (Wildman–Crippen MR) is 119 cm³/mol. The molecule has 6 nitrogen and oxygen atoms in total. The van der Waals surface area contributed by atoms with Crippen molar-refractivity contribution in [2.24, 2.45) is 0 Å². The molecule has 0 unspecified atom stereocenters. The van der Waals surface area contributed by atoms with Gasteiger partial charge in [-0.2, -0.15) is 0 Å². The number of hydrogen-bond acceptors (Lipinski definition) is 6. The number of methoxy groups -OCH3 is 1. The Morgan fingerprint density at radius 2 is 1.80 bits per heavy atom. The summed E-state index contributed by atoms with van der Waals surface area (Å²) in [4.78, 5) is 21.5. The SMILES string of the molecule is COc1ccccc1N1CCN(C(=O)c2ccc(OCc3csc(C)n3)cc2)CC1. The van der Waals surface area contributed by atoms with Crippen LogP contribution in [-0.4, -0.2) is 49.1 Å². The summed E-state index contributed by atoms with van der Waals surface area (Å²) in [6.45, 7) is 5.32. The van der Waals surface area contributed by atoms with Crippen LogP contribution in [0.25, 0.3) is 0 Å². The summed E-state index contributed by atoms with van der Waals surface area (Å²) in [5.41, 5.74) is 2.67. The second kappa shape index (κ2) is 9.17. The third-order valence-corrected chi connectivity index (χ3v) is 5.97. The topological polar surface area (TPSA) is 54.9 Å². The summed E-state index contributed by atoms with van der Waals surface area (Å²) in [5.74, 6) is 1.65. The second-order valence-corrected chi connectivity index (χ2v) is 8.18. The molecule has 4 rings (SSSR count). The first-order chi connectivity index (χ1) is 14.6. The number of carbonyl (C=O) groups is 1. The summed E-state index contributed by atoms with van der Waals surface area (Å²) in [6.07, 6.45) is 0. The van der Waals surface area contributed by atoms with E-state index in [4.69, 9.17) is 9.47 Å². The summed E-state index contributed by atoms with van der Waals surface area (Å²) in [7, 11) is 1.68. The molecule has 1 aromatic heterocycles. The average Bonchev–Trinajstić information content (AvgIpc) is 3.22. The van der Waals surface area contributed by atoms with Crippen molar-refractivity contribution in [3.8, 4) is 11.5 Å². The van der Waals surface area contributed by atoms with Crippen LogP contribution < -0.4 is 14.4 Å². The van der Waals surface area contributed by atoms with E-state index in [1.54, 1.807) is 18.4 Å². The minimum Gasteiger partial charge on any atom is -0.495 e. The molecule has 0 radical (unpaired) electrons. The number of thiazole rings is 1. The van der Waals surface area contributed by atoms with Crippen LogP contribution in [0, 0.1) is 6.92 Å². The lowest BCUT2D eigenvalue weighted by Crippen LogP contribution is -2.48. The highest BCUT2D eigenvalue weighted by molar-refractivity contribution is 7.09. The fourth-order valence-corrected chi connectivity index (χ4v) is 4.15. The quantitative estimate of drug-likeness (QED) is 0.600. The molecule has 156 valence electrons. The molecule has 2 aromatic carbocycles. The van der Waals surface area contributed by atoms with Gasteiger partial charge in [0.15, 0.2) is 0 Å². The second-order valence-electron chi connectivity index (χ2n) is 7.12. The van der Waals surface area contributed by atoms with E-state index in [2.05, 4.69) is 16.0 Å². The number of aryl methyl sites for hydroxylation is 1. The molecule has 7 heteroatoms. The van der Waals surface area contributed by atoms with E-state index in [9.17, 15) is 4.79 Å². The first kappa shape index (κ1) is 20.2. The van der Waals surface area contributed by atoms with Gasteiger partial charge in [0.1, 0.15) is 18.1 Å². The van der Waals surface area contributed by atoms with Crippen molar-refractivity contribution >= 4 is 22.9 Å². The number of anilines is 1. The minimum absolute atomic E-state index is 0.0522. The predicted octanol–water partition coefficient (Wildman–Crippen LogP) is 4.00. The Morgan fingerprint density at radius 1 is 1.07 bits per heavy atom. The Hall–Kier alpha value is -3.06. The van der Waals surface area contributed by atoms with E-state index in [1.807, 2.05) is 59.7 Å². The highest BCUT2D eigenvalue weighted by atomic mass is 32.1. The first-order valence-corrected chi connectivity index (χ1v) is 10.8. The fraction of sp³-hybridized carbons (Fsp3) is 0.304. The minimum atomic E-state index is 0.0522. The number of ether oxygens (including phenoxy) is 2. The third-order valence-electron chi connectivity index (χ3n) is 5.15. The molecule has 0 spiro atoms. The van der Waals surface area contributed by atoms with Gasteiger partial charge < -0.3 is 19.3 Å². The Balaban J connectivity index is 1.32. The number of carbonyl (C=O) groups excluding carboxylic acids is 1. The van der Waals surface area contributed by atoms with E-state index in [1.165, 1.54) is 0 Å². The number of piperazine rings is 1. The summed E-state index contributed by atoms with van der Waals surface area (Å²) in [6, 6.07) is 15.3. The lowest BCUT2D eigenvalue weighted by atomic mass is 10.1. The molecule has 0 aliphatic carbocycles. The van der Waals surface area contributed by atoms with Crippen molar-refractivity contribution in [2.75, 3.05) is 38.2 Å². The summed E-state index contributed by atoms with van der Waals surface area (Å²) < 4.78 is 11.2. The lowest BCUT2D eigenvalue weighted by molar-refractivity contribution is 0.0746. The van der Waals surface area contributed by atoms with E-state index in [0.29, 0.717) is 25.3 Å². The highest BCUT2D eigenvalue weighted by Crippen LogP contribution is 2.28. The zero-order valence-corrected chi connectivity index (χ0v) is 18.0. The number of rotatable bonds is 6. The maximum atomic E-state index is 12.9. The van der Waals surface area contributed by atoms with E-state index < -0.39 is 0 Å². The Kier molecular flexibility index (Phi) is 6.18. The van der Waals surface area contributed by atoms with Crippen molar-refractivity contribution in [3.63, 3.8) is 0 Å². The molecule has 1 aliphatic heterocycles. The van der Waals surface area contributed by atoms with Gasteiger partial charge in [-0.3, -0.25) is 4.79 Å². The molecular weight excluding hydrogens is 398 g/mol. The first-order valence-electron chi connectivity index (χ1n) is 9.95. The average molecular weight is 424 g/mol. The molecule has 0 bridgehead atoms. The molecule has 0 N–H and O–H groups in total. The van der Waals surface area contributed by atoms with Gasteiger partial charge in [0.05, 0.1) is 23.5 Å². The highest BCUT2D eigenvalue weighted by Gasteiger charge is 2.23. The van der Waals surface area contributed by atoms with Crippen LogP contribution >= 0.6 is 11.3 Å². The lowest BCUT2D eigenvalue weighted by Gasteiger charge is -2.36. The van der Waals surface area contributed by atoms with E-state index in [-0.39, 0.29) is 5.91 Å². The van der Waals surface area contributed by atoms with Crippen molar-refractivity contribution in [2.45, 2.75) is 13.5 Å². The smallest absolute Gasteiger partial charge is 0.253 e. The Labute approximate surface area is 180 Å². The van der Waals surface area contributed by atoms with Gasteiger partial charge in [0.25, 0.3) is 5.91 Å². The zero-order chi connectivity index (χ0) is 20.9. The molecule has 0 saturated carbocycles. The van der Waals surface area contributed by atoms with Crippen LogP contribution in [0.15, 0.2) is 53.9 Å². The molecule has 1 amide bonds. The normalized spacial score (nSPS) is 13.9. The molecule has 1 fully saturated rings. The van der Waals surface area contributed by atoms with Crippen molar-refractivity contribution in [1.82, 2.24) is 9.88 Å². The van der Waals surface area contributed by atoms with Crippen LogP contribution in [0.4, 0.5) is 5.69 Å². The standard InChI is InChI=1S/C23H25N3O3S/c1-17-24-19(16-30-17)15-29-20-9-7-18(8-10-20)23(27)26-13-11-25(12-14-26)21-5-3-4-6-22(21)28-2/h3-10,16H,11-15H2,1-2H3. The Morgan fingerprint density at radius 3 is 2.47 bits per heavy atom. The van der Waals surface area contributed by atoms with Gasteiger partial charge >= 0.3 is 0 Å². The Bertz CT molecular complexity index is 995. The number of aromatic nitrogens is 1. The molecular formula is C23H25N3O3S. The van der Waals surface area contributed by atoms with Crippen molar-refractivity contribution in [1.29, 1.82) is 0 Å². The van der Waals surface area contributed by atoms with Crippen LogP contribution in [-0.2, 0) is 6.61 Å². The molecule has 1 saturated heterocycles. The molecule has 1 aliphatic rings. The number of para-hydroxylation sites is 2. The third kappa shape index (κ3) is 4.57. The van der Waals surface area contributed by atoms with Crippen molar-refractivity contribution < 1.29 is 14.3 Å². The summed E-state index contributed by atoms with van der Waals surface area (Å²) in [5, 5.41) is 3.03. The van der Waals surface area contributed by atoms with Gasteiger partial charge in [-0.25, -0.2) is 4.98 Å². The van der Waals surface area contributed by atoms with Gasteiger partial charge in [-0.15, -0.1) is 11.3 Å². The molecule has 3 aromatic rings. The maximum Gasteiger partial charge on any atom is 0.253 e. The van der Waals surface area contributed by atoms with Crippen LogP contribution in [0.3, 0.4) is 0 Å². The van der Waals surface area contributed by atoms with Crippen molar-refractivity contribution in [3.05, 3.63) is 70.2 Å². The number of nitrogens with zero attached hydrogens (tertiary/aromatic N) is 3. The van der Waals surface area contributed by atoms with Gasteiger partial charge in [0, 0.05) is 37.1 Å². The molecule has 0 atom stereocenters. The van der Waals surface area contributed by atoms with E-state index >= 15 is 0 Å². The van der Waals surface area contributed by atoms with Crippen LogP contribution in [0.5, 0.6) is 11.5 Å². The monoisotopic (exact) mass is 423 g/mol. The largest absolute Gasteiger partial charge is 0.495 e. The van der Waals surface area contributed by atoms with Crippen LogP contribution in [0.1, 0.15) is 21.1 Å². The number of hydrogen-bond donors (Lipinski definition) is 0. The number of amides is 1. The zero-order valence-electron chi connectivity index (χ0n) is 17.2. The molecule has 30 heavy (non-hydrogen) atoms. The van der Waals surface area contributed by atoms with E-state index in [0.717, 1.165) is 41.0 Å². The van der Waals surface area contributed by atoms with Gasteiger partial charge in [0.2, 0.25) is 0 Å². The maximum absolute atomic E-state index is 12.9. The number of benzene rings is 2. The molecule has 2 heterocycles. The van der Waals surface area contributed by atoms with Gasteiger partial charge in [-0.1, -0.05) is 12.1 Å². The van der Waals surface area contributed by atoms with Gasteiger partial charge in [-0.05, 0) is 43.3 Å². The van der Waals surface area contributed by atoms with Crippen LogP contribution in [0.2, 0.25) is 0 Å². The fourth-order valence-electron chi connectivity index (χ4n) is 3.55.